The summed E-state index contributed by atoms with van der Waals surface area (Å²) in [6.45, 7) is 17.4. The Morgan fingerprint density at radius 3 is 2.12 bits per heavy atom. The highest BCUT2D eigenvalue weighted by Crippen LogP contribution is 2.30. The Morgan fingerprint density at radius 1 is 0.930 bits per heavy atom. The van der Waals surface area contributed by atoms with E-state index in [9.17, 15) is 19.5 Å². The number of phenols is 1. The Kier molecular flexibility index (Phi) is 13.5. The monoisotopic (exact) mass is 595 g/mol. The fourth-order valence-corrected chi connectivity index (χ4v) is 5.12. The Hall–Kier alpha value is -3.55. The molecule has 0 heterocycles. The summed E-state index contributed by atoms with van der Waals surface area (Å²) in [5, 5.41) is 16.2. The molecule has 2 aromatic rings. The molecule has 3 amide bonds. The number of nitrogens with zero attached hydrogens (tertiary/aromatic N) is 1. The molecule has 43 heavy (non-hydrogen) atoms. The van der Waals surface area contributed by atoms with Gasteiger partial charge in [-0.05, 0) is 94.7 Å². The van der Waals surface area contributed by atoms with Crippen molar-refractivity contribution in [2.24, 2.45) is 5.92 Å². The van der Waals surface area contributed by atoms with Crippen molar-refractivity contribution in [3.8, 4) is 5.75 Å². The van der Waals surface area contributed by atoms with E-state index in [1.807, 2.05) is 45.9 Å². The van der Waals surface area contributed by atoms with Crippen LogP contribution in [0, 0.1) is 26.7 Å². The van der Waals surface area contributed by atoms with Gasteiger partial charge in [0.05, 0.1) is 0 Å². The predicted octanol–water partition coefficient (Wildman–Crippen LogP) is 7.74. The average molecular weight is 596 g/mol. The topological polar surface area (TPSA) is 108 Å². The molecule has 0 radical (unpaired) electrons. The zero-order chi connectivity index (χ0) is 32.3. The summed E-state index contributed by atoms with van der Waals surface area (Å²) in [7, 11) is 0. The van der Waals surface area contributed by atoms with E-state index in [-0.39, 0.29) is 23.5 Å². The van der Waals surface area contributed by atoms with Crippen LogP contribution in [0.2, 0.25) is 0 Å². The van der Waals surface area contributed by atoms with Gasteiger partial charge in [-0.15, -0.1) is 0 Å². The molecule has 238 valence electrons. The summed E-state index contributed by atoms with van der Waals surface area (Å²) in [5.41, 5.74) is 2.98. The van der Waals surface area contributed by atoms with Gasteiger partial charge in [0, 0.05) is 12.2 Å². The molecule has 2 rings (SSSR count). The lowest BCUT2D eigenvalue weighted by Crippen LogP contribution is -2.53. The second-order valence-corrected chi connectivity index (χ2v) is 13.0. The summed E-state index contributed by atoms with van der Waals surface area (Å²) in [4.78, 5) is 43.2. The molecule has 8 nitrogen and oxygen atoms in total. The second-order valence-electron chi connectivity index (χ2n) is 13.0. The molecule has 8 heteroatoms. The van der Waals surface area contributed by atoms with Crippen molar-refractivity contribution in [1.29, 1.82) is 0 Å². The SMILES string of the molecule is CCCCCCCN(C(=O)C(CC(C)C)NC(=O)OC(C)(C)C)C(C(=O)Nc1c(C)cccc1C)c1ccc(O)c(C)c1. The van der Waals surface area contributed by atoms with Crippen LogP contribution in [0.25, 0.3) is 0 Å². The highest BCUT2D eigenvalue weighted by molar-refractivity contribution is 6.00. The Labute approximate surface area is 258 Å². The number of rotatable bonds is 14. The van der Waals surface area contributed by atoms with Crippen molar-refractivity contribution in [2.45, 2.75) is 119 Å². The molecule has 0 saturated carbocycles. The molecule has 3 N–H and O–H groups in total. The molecule has 0 fully saturated rings. The van der Waals surface area contributed by atoms with Gasteiger partial charge in [-0.2, -0.15) is 0 Å². The third-order valence-corrected chi connectivity index (χ3v) is 7.31. The van der Waals surface area contributed by atoms with Crippen LogP contribution < -0.4 is 10.6 Å². The Balaban J connectivity index is 2.61. The van der Waals surface area contributed by atoms with E-state index in [4.69, 9.17) is 4.74 Å². The molecule has 2 unspecified atom stereocenters. The first-order valence-electron chi connectivity index (χ1n) is 15.6. The van der Waals surface area contributed by atoms with E-state index in [0.717, 1.165) is 36.8 Å². The van der Waals surface area contributed by atoms with E-state index in [0.29, 0.717) is 36.2 Å². The van der Waals surface area contributed by atoms with Gasteiger partial charge >= 0.3 is 6.09 Å². The van der Waals surface area contributed by atoms with Crippen molar-refractivity contribution < 1.29 is 24.2 Å². The molecule has 2 atom stereocenters. The lowest BCUT2D eigenvalue weighted by Gasteiger charge is -2.35. The third kappa shape index (κ3) is 11.2. The zero-order valence-corrected chi connectivity index (χ0v) is 27.7. The minimum absolute atomic E-state index is 0.0908. The van der Waals surface area contributed by atoms with Gasteiger partial charge in [-0.1, -0.05) is 70.7 Å². The number of anilines is 1. The molecule has 0 aliphatic carbocycles. The standard InChI is InChI=1S/C35H53N3O5/c1-10-11-12-13-14-20-38(33(41)28(21-23(2)3)36-34(42)43-35(7,8)9)31(27-18-19-29(39)26(6)22-27)32(40)37-30-24(4)16-15-17-25(30)5/h15-19,22-23,28,31,39H,10-14,20-21H2,1-9H3,(H,36,42)(H,37,40). The van der Waals surface area contributed by atoms with Crippen LogP contribution in [0.3, 0.4) is 0 Å². The van der Waals surface area contributed by atoms with E-state index in [1.54, 1.807) is 50.8 Å². The highest BCUT2D eigenvalue weighted by atomic mass is 16.6. The number of aryl methyl sites for hydroxylation is 3. The molecule has 2 aromatic carbocycles. The molecule has 0 bridgehead atoms. The van der Waals surface area contributed by atoms with Gasteiger partial charge in [0.25, 0.3) is 5.91 Å². The predicted molar refractivity (Wildman–Crippen MR) is 173 cm³/mol. The van der Waals surface area contributed by atoms with Crippen LogP contribution in [0.15, 0.2) is 36.4 Å². The van der Waals surface area contributed by atoms with E-state index in [2.05, 4.69) is 17.6 Å². The normalized spacial score (nSPS) is 12.9. The summed E-state index contributed by atoms with van der Waals surface area (Å²) in [6.07, 6.45) is 4.53. The van der Waals surface area contributed by atoms with Crippen LogP contribution in [0.4, 0.5) is 10.5 Å². The minimum Gasteiger partial charge on any atom is -0.508 e. The van der Waals surface area contributed by atoms with Gasteiger partial charge in [0.15, 0.2) is 0 Å². The molecule has 0 saturated heterocycles. The van der Waals surface area contributed by atoms with Crippen molar-refractivity contribution in [1.82, 2.24) is 10.2 Å². The number of carbonyl (C=O) groups is 3. The molecule has 0 spiro atoms. The number of unbranched alkanes of at least 4 members (excludes halogenated alkanes) is 4. The minimum atomic E-state index is -0.993. The number of hydrogen-bond donors (Lipinski definition) is 3. The third-order valence-electron chi connectivity index (χ3n) is 7.31. The quantitative estimate of drug-likeness (QED) is 0.194. The van der Waals surface area contributed by atoms with Gasteiger partial charge in [0.1, 0.15) is 23.4 Å². The smallest absolute Gasteiger partial charge is 0.408 e. The van der Waals surface area contributed by atoms with E-state index < -0.39 is 23.8 Å². The first-order valence-corrected chi connectivity index (χ1v) is 15.6. The number of nitrogens with one attached hydrogen (secondary N) is 2. The van der Waals surface area contributed by atoms with Crippen molar-refractivity contribution >= 4 is 23.6 Å². The number of amides is 3. The maximum Gasteiger partial charge on any atom is 0.408 e. The van der Waals surface area contributed by atoms with Crippen LogP contribution in [-0.2, 0) is 14.3 Å². The lowest BCUT2D eigenvalue weighted by atomic mass is 9.97. The Bertz CT molecular complexity index is 1210. The second kappa shape index (κ2) is 16.3. The fraction of sp³-hybridized carbons (Fsp3) is 0.571. The van der Waals surface area contributed by atoms with Crippen LogP contribution in [0.5, 0.6) is 5.75 Å². The number of carbonyl (C=O) groups excluding carboxylic acids is 3. The maximum atomic E-state index is 14.5. The number of ether oxygens (including phenoxy) is 1. The first kappa shape index (κ1) is 35.6. The van der Waals surface area contributed by atoms with Crippen molar-refractivity contribution in [3.63, 3.8) is 0 Å². The van der Waals surface area contributed by atoms with E-state index >= 15 is 0 Å². The number of para-hydroxylation sites is 1. The van der Waals surface area contributed by atoms with Gasteiger partial charge < -0.3 is 25.4 Å². The van der Waals surface area contributed by atoms with Crippen LogP contribution >= 0.6 is 0 Å². The van der Waals surface area contributed by atoms with Crippen molar-refractivity contribution in [2.75, 3.05) is 11.9 Å². The summed E-state index contributed by atoms with van der Waals surface area (Å²) >= 11 is 0. The summed E-state index contributed by atoms with van der Waals surface area (Å²) in [6, 6.07) is 8.91. The van der Waals surface area contributed by atoms with E-state index in [1.165, 1.54) is 0 Å². The number of phenolic OH excluding ortho intramolecular Hbond substituents is 1. The molecular formula is C35H53N3O5. The number of aromatic hydroxyl groups is 1. The lowest BCUT2D eigenvalue weighted by molar-refractivity contribution is -0.141. The fourth-order valence-electron chi connectivity index (χ4n) is 5.12. The highest BCUT2D eigenvalue weighted by Gasteiger charge is 2.37. The Morgan fingerprint density at radius 2 is 1.56 bits per heavy atom. The van der Waals surface area contributed by atoms with Crippen molar-refractivity contribution in [3.05, 3.63) is 58.7 Å². The zero-order valence-electron chi connectivity index (χ0n) is 27.7. The maximum absolute atomic E-state index is 14.5. The number of alkyl carbamates (subject to hydrolysis) is 1. The number of benzene rings is 2. The van der Waals surface area contributed by atoms with Gasteiger partial charge in [-0.25, -0.2) is 4.79 Å². The molecule has 0 aromatic heterocycles. The van der Waals surface area contributed by atoms with Crippen LogP contribution in [-0.4, -0.2) is 46.1 Å². The average Bonchev–Trinajstić information content (AvgIpc) is 2.89. The molecule has 0 aliphatic heterocycles. The largest absolute Gasteiger partial charge is 0.508 e. The summed E-state index contributed by atoms with van der Waals surface area (Å²) in [5.74, 6) is -0.500. The molecular weight excluding hydrogens is 542 g/mol. The number of hydrogen-bond acceptors (Lipinski definition) is 5. The summed E-state index contributed by atoms with van der Waals surface area (Å²) < 4.78 is 5.50. The molecule has 0 aliphatic rings. The first-order chi connectivity index (χ1) is 20.1. The van der Waals surface area contributed by atoms with Crippen LogP contribution in [0.1, 0.15) is 108 Å². The van der Waals surface area contributed by atoms with Gasteiger partial charge in [0.2, 0.25) is 5.91 Å². The van der Waals surface area contributed by atoms with Gasteiger partial charge in [-0.3, -0.25) is 9.59 Å².